The van der Waals surface area contributed by atoms with Crippen molar-refractivity contribution in [1.82, 2.24) is 10.6 Å². The molecule has 0 aromatic heterocycles. The maximum absolute atomic E-state index is 12.0. The van der Waals surface area contributed by atoms with E-state index in [-0.39, 0.29) is 29.7 Å². The summed E-state index contributed by atoms with van der Waals surface area (Å²) in [6, 6.07) is 6.64. The number of hydrogen-bond donors (Lipinski definition) is 3. The SMILES string of the molecule is CC(=O)NC(C)C(=O)NC(C)c1ccc(NC(=O)C2CC2)cc1. The highest BCUT2D eigenvalue weighted by Gasteiger charge is 2.29. The summed E-state index contributed by atoms with van der Waals surface area (Å²) >= 11 is 0. The van der Waals surface area contributed by atoms with Crippen LogP contribution in [0.4, 0.5) is 5.69 Å². The van der Waals surface area contributed by atoms with Gasteiger partial charge in [0.2, 0.25) is 17.7 Å². The fourth-order valence-corrected chi connectivity index (χ4v) is 2.24. The van der Waals surface area contributed by atoms with Crippen molar-refractivity contribution in [1.29, 1.82) is 0 Å². The molecule has 0 bridgehead atoms. The highest BCUT2D eigenvalue weighted by molar-refractivity contribution is 5.94. The van der Waals surface area contributed by atoms with Gasteiger partial charge in [0.05, 0.1) is 6.04 Å². The lowest BCUT2D eigenvalue weighted by Gasteiger charge is -2.18. The molecule has 0 heterocycles. The van der Waals surface area contributed by atoms with Crippen LogP contribution in [-0.4, -0.2) is 23.8 Å². The molecule has 3 N–H and O–H groups in total. The number of hydrogen-bond acceptors (Lipinski definition) is 3. The minimum Gasteiger partial charge on any atom is -0.348 e. The number of benzene rings is 1. The molecular formula is C17H23N3O3. The van der Waals surface area contributed by atoms with Crippen molar-refractivity contribution in [3.05, 3.63) is 29.8 Å². The van der Waals surface area contributed by atoms with Gasteiger partial charge in [-0.15, -0.1) is 0 Å². The van der Waals surface area contributed by atoms with E-state index in [4.69, 9.17) is 0 Å². The molecule has 2 atom stereocenters. The molecule has 0 spiro atoms. The maximum Gasteiger partial charge on any atom is 0.242 e. The number of anilines is 1. The summed E-state index contributed by atoms with van der Waals surface area (Å²) in [4.78, 5) is 34.6. The Morgan fingerprint density at radius 3 is 2.17 bits per heavy atom. The van der Waals surface area contributed by atoms with E-state index >= 15 is 0 Å². The van der Waals surface area contributed by atoms with E-state index in [2.05, 4.69) is 16.0 Å². The Labute approximate surface area is 136 Å². The van der Waals surface area contributed by atoms with Gasteiger partial charge in [-0.05, 0) is 44.4 Å². The first-order chi connectivity index (χ1) is 10.9. The Bertz CT molecular complexity index is 594. The Balaban J connectivity index is 1.88. The summed E-state index contributed by atoms with van der Waals surface area (Å²) in [6.07, 6.45) is 1.94. The van der Waals surface area contributed by atoms with Gasteiger partial charge >= 0.3 is 0 Å². The zero-order valence-corrected chi connectivity index (χ0v) is 13.7. The lowest BCUT2D eigenvalue weighted by molar-refractivity contribution is -0.128. The largest absolute Gasteiger partial charge is 0.348 e. The zero-order valence-electron chi connectivity index (χ0n) is 13.7. The molecule has 23 heavy (non-hydrogen) atoms. The van der Waals surface area contributed by atoms with Crippen molar-refractivity contribution in [2.45, 2.75) is 45.7 Å². The Morgan fingerprint density at radius 2 is 1.65 bits per heavy atom. The molecule has 0 radical (unpaired) electrons. The van der Waals surface area contributed by atoms with E-state index in [1.165, 1.54) is 6.92 Å². The fourth-order valence-electron chi connectivity index (χ4n) is 2.24. The van der Waals surface area contributed by atoms with Crippen LogP contribution in [0.1, 0.15) is 45.2 Å². The zero-order chi connectivity index (χ0) is 17.0. The van der Waals surface area contributed by atoms with E-state index in [0.717, 1.165) is 24.1 Å². The standard InChI is InChI=1S/C17H23N3O3/c1-10(19-16(22)11(2)18-12(3)21)13-6-8-15(9-7-13)20-17(23)14-4-5-14/h6-11,14H,4-5H2,1-3H3,(H,18,21)(H,19,22)(H,20,23). The summed E-state index contributed by atoms with van der Waals surface area (Å²) in [5.41, 5.74) is 1.69. The van der Waals surface area contributed by atoms with Crippen LogP contribution < -0.4 is 16.0 Å². The Hall–Kier alpha value is -2.37. The minimum atomic E-state index is -0.577. The fraction of sp³-hybridized carbons (Fsp3) is 0.471. The molecule has 1 aromatic rings. The van der Waals surface area contributed by atoms with Gasteiger partial charge in [-0.2, -0.15) is 0 Å². The molecule has 124 valence electrons. The first-order valence-corrected chi connectivity index (χ1v) is 7.85. The molecule has 1 aliphatic rings. The van der Waals surface area contributed by atoms with Gasteiger partial charge in [0, 0.05) is 18.5 Å². The van der Waals surface area contributed by atoms with Gasteiger partial charge in [0.15, 0.2) is 0 Å². The van der Waals surface area contributed by atoms with Crippen molar-refractivity contribution >= 4 is 23.4 Å². The van der Waals surface area contributed by atoms with Crippen molar-refractivity contribution < 1.29 is 14.4 Å². The summed E-state index contributed by atoms with van der Waals surface area (Å²) in [6.45, 7) is 4.89. The van der Waals surface area contributed by atoms with Gasteiger partial charge in [-0.25, -0.2) is 0 Å². The molecule has 2 rings (SSSR count). The van der Waals surface area contributed by atoms with Crippen molar-refractivity contribution in [2.75, 3.05) is 5.32 Å². The molecule has 2 unspecified atom stereocenters. The number of rotatable bonds is 6. The van der Waals surface area contributed by atoms with Crippen molar-refractivity contribution in [3.63, 3.8) is 0 Å². The van der Waals surface area contributed by atoms with Crippen LogP contribution in [0.2, 0.25) is 0 Å². The second kappa shape index (κ2) is 7.26. The molecule has 1 saturated carbocycles. The highest BCUT2D eigenvalue weighted by Crippen LogP contribution is 2.30. The van der Waals surface area contributed by atoms with E-state index < -0.39 is 6.04 Å². The van der Waals surface area contributed by atoms with Gasteiger partial charge in [-0.1, -0.05) is 12.1 Å². The molecular weight excluding hydrogens is 294 g/mol. The van der Waals surface area contributed by atoms with Gasteiger partial charge in [-0.3, -0.25) is 14.4 Å². The molecule has 1 aliphatic carbocycles. The molecule has 0 aliphatic heterocycles. The third-order valence-electron chi connectivity index (χ3n) is 3.80. The van der Waals surface area contributed by atoms with Crippen LogP contribution >= 0.6 is 0 Å². The topological polar surface area (TPSA) is 87.3 Å². The first-order valence-electron chi connectivity index (χ1n) is 7.85. The van der Waals surface area contributed by atoms with Gasteiger partial charge in [0.25, 0.3) is 0 Å². The summed E-state index contributed by atoms with van der Waals surface area (Å²) in [7, 11) is 0. The van der Waals surface area contributed by atoms with Crippen LogP contribution in [0.25, 0.3) is 0 Å². The predicted molar refractivity (Wildman–Crippen MR) is 87.6 cm³/mol. The molecule has 0 saturated heterocycles. The normalized spacial score (nSPS) is 16.1. The number of carbonyl (C=O) groups excluding carboxylic acids is 3. The number of nitrogens with one attached hydrogen (secondary N) is 3. The predicted octanol–water partition coefficient (Wildman–Crippen LogP) is 1.74. The van der Waals surface area contributed by atoms with Crippen molar-refractivity contribution in [3.8, 4) is 0 Å². The summed E-state index contributed by atoms with van der Waals surface area (Å²) in [5, 5.41) is 8.27. The quantitative estimate of drug-likeness (QED) is 0.747. The van der Waals surface area contributed by atoms with Crippen LogP contribution in [0.15, 0.2) is 24.3 Å². The van der Waals surface area contributed by atoms with Crippen LogP contribution in [-0.2, 0) is 14.4 Å². The number of carbonyl (C=O) groups is 3. The smallest absolute Gasteiger partial charge is 0.242 e. The molecule has 3 amide bonds. The molecule has 6 nitrogen and oxygen atoms in total. The highest BCUT2D eigenvalue weighted by atomic mass is 16.2. The third kappa shape index (κ3) is 5.09. The second-order valence-electron chi connectivity index (χ2n) is 6.04. The second-order valence-corrected chi connectivity index (χ2v) is 6.04. The average Bonchev–Trinajstić information content (AvgIpc) is 3.31. The first kappa shape index (κ1) is 17.0. The monoisotopic (exact) mass is 317 g/mol. The van der Waals surface area contributed by atoms with Crippen LogP contribution in [0, 0.1) is 5.92 Å². The van der Waals surface area contributed by atoms with E-state index in [1.54, 1.807) is 6.92 Å². The van der Waals surface area contributed by atoms with Crippen molar-refractivity contribution in [2.24, 2.45) is 5.92 Å². The lowest BCUT2D eigenvalue weighted by Crippen LogP contribution is -2.44. The van der Waals surface area contributed by atoms with E-state index in [0.29, 0.717) is 0 Å². The van der Waals surface area contributed by atoms with E-state index in [9.17, 15) is 14.4 Å². The van der Waals surface area contributed by atoms with Crippen LogP contribution in [0.3, 0.4) is 0 Å². The summed E-state index contributed by atoms with van der Waals surface area (Å²) < 4.78 is 0. The maximum atomic E-state index is 12.0. The van der Waals surface area contributed by atoms with Gasteiger partial charge < -0.3 is 16.0 Å². The Morgan fingerprint density at radius 1 is 1.04 bits per heavy atom. The Kier molecular flexibility index (Phi) is 5.36. The molecule has 1 fully saturated rings. The summed E-state index contributed by atoms with van der Waals surface area (Å²) in [5.74, 6) is -0.235. The minimum absolute atomic E-state index is 0.0724. The van der Waals surface area contributed by atoms with Crippen LogP contribution in [0.5, 0.6) is 0 Å². The lowest BCUT2D eigenvalue weighted by atomic mass is 10.1. The number of amides is 3. The average molecular weight is 317 g/mol. The molecule has 1 aromatic carbocycles. The molecule has 6 heteroatoms. The van der Waals surface area contributed by atoms with Gasteiger partial charge in [0.1, 0.15) is 6.04 Å². The van der Waals surface area contributed by atoms with E-state index in [1.807, 2.05) is 31.2 Å². The third-order valence-corrected chi connectivity index (χ3v) is 3.80.